The highest BCUT2D eigenvalue weighted by Crippen LogP contribution is 2.27. The monoisotopic (exact) mass is 390 g/mol. The van der Waals surface area contributed by atoms with E-state index in [1.807, 2.05) is 37.4 Å². The zero-order valence-corrected chi connectivity index (χ0v) is 16.5. The fraction of sp³-hybridized carbons (Fsp3) is 0.300. The van der Waals surface area contributed by atoms with Crippen molar-refractivity contribution in [2.75, 3.05) is 39.6 Å². The fourth-order valence-corrected chi connectivity index (χ4v) is 2.82. The first kappa shape index (κ1) is 20.7. The second-order valence-electron chi connectivity index (χ2n) is 6.44. The number of benzene rings is 2. The van der Waals surface area contributed by atoms with Gasteiger partial charge in [-0.15, -0.1) is 0 Å². The van der Waals surface area contributed by atoms with Crippen LogP contribution >= 0.6 is 11.6 Å². The maximum atomic E-state index is 12.4. The molecule has 0 heterocycles. The molecule has 2 N–H and O–H groups in total. The lowest BCUT2D eigenvalue weighted by Crippen LogP contribution is -3.11. The molecule has 2 aromatic carbocycles. The highest BCUT2D eigenvalue weighted by molar-refractivity contribution is 6.31. The molecule has 2 aromatic rings. The highest BCUT2D eigenvalue weighted by atomic mass is 35.5. The van der Waals surface area contributed by atoms with Gasteiger partial charge in [-0.25, -0.2) is 0 Å². The van der Waals surface area contributed by atoms with Crippen LogP contribution in [0.4, 0.5) is 5.69 Å². The summed E-state index contributed by atoms with van der Waals surface area (Å²) in [6, 6.07) is 14.8. The van der Waals surface area contributed by atoms with E-state index in [9.17, 15) is 9.59 Å². The third-order valence-corrected chi connectivity index (χ3v) is 4.27. The van der Waals surface area contributed by atoms with Gasteiger partial charge in [-0.2, -0.15) is 0 Å². The molecule has 0 aliphatic heterocycles. The summed E-state index contributed by atoms with van der Waals surface area (Å²) in [6.07, 6.45) is 0. The molecule has 0 saturated heterocycles. The molecule has 2 rings (SSSR count). The summed E-state index contributed by atoms with van der Waals surface area (Å²) < 4.78 is 5.22. The molecule has 6 nitrogen and oxygen atoms in total. The molecule has 0 bridgehead atoms. The SMILES string of the molecule is COc1ccc(Cl)cc1NC(=O)C[NH+](C)CC(=O)N(C)Cc1ccccc1. The number of carbonyl (C=O) groups excluding carboxylic acids is 2. The van der Waals surface area contributed by atoms with Crippen molar-refractivity contribution in [2.24, 2.45) is 0 Å². The van der Waals surface area contributed by atoms with Crippen LogP contribution in [0.25, 0.3) is 0 Å². The fourth-order valence-electron chi connectivity index (χ4n) is 2.65. The van der Waals surface area contributed by atoms with Gasteiger partial charge in [0.05, 0.1) is 19.8 Å². The van der Waals surface area contributed by atoms with E-state index < -0.39 is 0 Å². The van der Waals surface area contributed by atoms with E-state index in [2.05, 4.69) is 5.32 Å². The molecule has 1 atom stereocenters. The number of ether oxygens (including phenoxy) is 1. The zero-order chi connectivity index (χ0) is 19.8. The Kier molecular flexibility index (Phi) is 7.64. The maximum absolute atomic E-state index is 12.4. The number of carbonyl (C=O) groups is 2. The summed E-state index contributed by atoms with van der Waals surface area (Å²) in [6.45, 7) is 0.920. The molecule has 27 heavy (non-hydrogen) atoms. The Morgan fingerprint density at radius 2 is 1.85 bits per heavy atom. The summed E-state index contributed by atoms with van der Waals surface area (Å²) in [7, 11) is 5.10. The van der Waals surface area contributed by atoms with Crippen LogP contribution < -0.4 is 15.0 Å². The first-order chi connectivity index (χ1) is 12.9. The van der Waals surface area contributed by atoms with Gasteiger partial charge < -0.3 is 19.9 Å². The summed E-state index contributed by atoms with van der Waals surface area (Å²) >= 11 is 5.97. The molecule has 7 heteroatoms. The predicted molar refractivity (Wildman–Crippen MR) is 106 cm³/mol. The van der Waals surface area contributed by atoms with Crippen molar-refractivity contribution in [1.29, 1.82) is 0 Å². The van der Waals surface area contributed by atoms with Gasteiger partial charge in [-0.3, -0.25) is 9.59 Å². The minimum absolute atomic E-state index is 0.0236. The number of anilines is 1. The minimum atomic E-state index is -0.216. The first-order valence-electron chi connectivity index (χ1n) is 8.61. The van der Waals surface area contributed by atoms with Gasteiger partial charge in [0.25, 0.3) is 11.8 Å². The molecule has 0 fully saturated rings. The number of amides is 2. The van der Waals surface area contributed by atoms with E-state index in [1.165, 1.54) is 7.11 Å². The van der Waals surface area contributed by atoms with E-state index in [0.29, 0.717) is 23.0 Å². The Balaban J connectivity index is 1.85. The first-order valence-corrected chi connectivity index (χ1v) is 8.99. The largest absolute Gasteiger partial charge is 0.495 e. The van der Waals surface area contributed by atoms with E-state index in [4.69, 9.17) is 16.3 Å². The summed E-state index contributed by atoms with van der Waals surface area (Å²) in [5, 5.41) is 3.29. The second kappa shape index (κ2) is 9.94. The Morgan fingerprint density at radius 3 is 2.52 bits per heavy atom. The van der Waals surface area contributed by atoms with Gasteiger partial charge >= 0.3 is 0 Å². The van der Waals surface area contributed by atoms with Crippen molar-refractivity contribution in [3.8, 4) is 5.75 Å². The van der Waals surface area contributed by atoms with Crippen LogP contribution in [-0.2, 0) is 16.1 Å². The molecule has 144 valence electrons. The quantitative estimate of drug-likeness (QED) is 0.717. The number of hydrogen-bond donors (Lipinski definition) is 2. The molecular formula is C20H25ClN3O3+. The molecule has 1 unspecified atom stereocenters. The Morgan fingerprint density at radius 1 is 1.15 bits per heavy atom. The third kappa shape index (κ3) is 6.58. The normalized spacial score (nSPS) is 11.6. The van der Waals surface area contributed by atoms with Gasteiger partial charge in [0, 0.05) is 18.6 Å². The lowest BCUT2D eigenvalue weighted by molar-refractivity contribution is -0.862. The number of likely N-dealkylation sites (N-methyl/N-ethyl adjacent to an activating group) is 2. The van der Waals surface area contributed by atoms with Gasteiger partial charge in [0.2, 0.25) is 0 Å². The topological polar surface area (TPSA) is 63.1 Å². The van der Waals surface area contributed by atoms with E-state index in [1.54, 1.807) is 30.1 Å². The minimum Gasteiger partial charge on any atom is -0.495 e. The Bertz CT molecular complexity index is 783. The smallest absolute Gasteiger partial charge is 0.279 e. The maximum Gasteiger partial charge on any atom is 0.279 e. The zero-order valence-electron chi connectivity index (χ0n) is 15.8. The molecule has 2 amide bonds. The lowest BCUT2D eigenvalue weighted by atomic mass is 10.2. The van der Waals surface area contributed by atoms with Gasteiger partial charge in [0.1, 0.15) is 5.75 Å². The van der Waals surface area contributed by atoms with Gasteiger partial charge in [-0.05, 0) is 23.8 Å². The average Bonchev–Trinajstić information content (AvgIpc) is 2.62. The van der Waals surface area contributed by atoms with Crippen molar-refractivity contribution in [3.63, 3.8) is 0 Å². The lowest BCUT2D eigenvalue weighted by Gasteiger charge is -2.20. The van der Waals surface area contributed by atoms with E-state index in [0.717, 1.165) is 10.5 Å². The van der Waals surface area contributed by atoms with Crippen LogP contribution in [0.15, 0.2) is 48.5 Å². The number of methoxy groups -OCH3 is 1. The van der Waals surface area contributed by atoms with Crippen LogP contribution in [0, 0.1) is 0 Å². The molecule has 0 aliphatic carbocycles. The Hall–Kier alpha value is -2.57. The number of halogens is 1. The third-order valence-electron chi connectivity index (χ3n) is 4.04. The van der Waals surface area contributed by atoms with Crippen LogP contribution in [0.3, 0.4) is 0 Å². The highest BCUT2D eigenvalue weighted by Gasteiger charge is 2.18. The van der Waals surface area contributed by atoms with Crippen LogP contribution in [0.1, 0.15) is 5.56 Å². The average molecular weight is 391 g/mol. The standard InChI is InChI=1S/C20H24ClN3O3/c1-23(14-20(26)24(2)12-15-7-5-4-6-8-15)13-19(25)22-17-11-16(21)9-10-18(17)27-3/h4-11H,12-14H2,1-3H3,(H,22,25)/p+1. The van der Waals surface area contributed by atoms with Crippen LogP contribution in [0.5, 0.6) is 5.75 Å². The molecule has 0 aromatic heterocycles. The molecule has 0 radical (unpaired) electrons. The number of hydrogen-bond acceptors (Lipinski definition) is 3. The van der Waals surface area contributed by atoms with Crippen molar-refractivity contribution in [1.82, 2.24) is 4.90 Å². The van der Waals surface area contributed by atoms with E-state index >= 15 is 0 Å². The van der Waals surface area contributed by atoms with Crippen molar-refractivity contribution in [3.05, 3.63) is 59.1 Å². The van der Waals surface area contributed by atoms with Crippen LogP contribution in [0.2, 0.25) is 5.02 Å². The number of rotatable bonds is 8. The van der Waals surface area contributed by atoms with Gasteiger partial charge in [0.15, 0.2) is 13.1 Å². The van der Waals surface area contributed by atoms with E-state index in [-0.39, 0.29) is 24.9 Å². The summed E-state index contributed by atoms with van der Waals surface area (Å²) in [5.74, 6) is 0.292. The second-order valence-corrected chi connectivity index (χ2v) is 6.88. The Labute approximate surface area is 164 Å². The number of nitrogens with one attached hydrogen (secondary N) is 2. The number of nitrogens with zero attached hydrogens (tertiary/aromatic N) is 1. The summed E-state index contributed by atoms with van der Waals surface area (Å²) in [4.78, 5) is 27.1. The molecule has 0 aliphatic rings. The molecule has 0 spiro atoms. The summed E-state index contributed by atoms with van der Waals surface area (Å²) in [5.41, 5.74) is 1.58. The van der Waals surface area contributed by atoms with Crippen molar-refractivity contribution < 1.29 is 19.2 Å². The van der Waals surface area contributed by atoms with Gasteiger partial charge in [-0.1, -0.05) is 41.9 Å². The van der Waals surface area contributed by atoms with Crippen LogP contribution in [-0.4, -0.2) is 51.0 Å². The number of quaternary nitrogens is 1. The predicted octanol–water partition coefficient (Wildman–Crippen LogP) is 1.46. The van der Waals surface area contributed by atoms with Crippen molar-refractivity contribution >= 4 is 29.1 Å². The molecule has 0 saturated carbocycles. The van der Waals surface area contributed by atoms with Crippen molar-refractivity contribution in [2.45, 2.75) is 6.54 Å². The molecular weight excluding hydrogens is 366 g/mol.